The monoisotopic (exact) mass is 289 g/mol. The van der Waals surface area contributed by atoms with Crippen LogP contribution in [0, 0.1) is 0 Å². The van der Waals surface area contributed by atoms with Crippen LogP contribution in [0.3, 0.4) is 0 Å². The topological polar surface area (TPSA) is 32.7 Å². The summed E-state index contributed by atoms with van der Waals surface area (Å²) in [5.41, 5.74) is 2.89. The molecule has 0 radical (unpaired) electrons. The minimum absolute atomic E-state index is 0.391. The first kappa shape index (κ1) is 14.9. The normalized spacial score (nSPS) is 23.8. The Balaban J connectivity index is 1.48. The summed E-state index contributed by atoms with van der Waals surface area (Å²) in [6, 6.07) is 6.96. The van der Waals surface area contributed by atoms with E-state index in [0.29, 0.717) is 12.6 Å². The Hall–Kier alpha value is -1.06. The Morgan fingerprint density at radius 3 is 2.95 bits per heavy atom. The number of fused-ring (bicyclic) bond motifs is 1. The molecule has 0 bridgehead atoms. The van der Waals surface area contributed by atoms with Crippen LogP contribution in [-0.2, 0) is 12.8 Å². The fourth-order valence-electron chi connectivity index (χ4n) is 3.58. The van der Waals surface area contributed by atoms with Crippen molar-refractivity contribution in [2.45, 2.75) is 57.6 Å². The number of aliphatic hydroxyl groups excluding tert-OH is 1. The number of piperidine rings is 1. The van der Waals surface area contributed by atoms with Crippen molar-refractivity contribution in [3.05, 3.63) is 29.3 Å². The van der Waals surface area contributed by atoms with Gasteiger partial charge in [0.2, 0.25) is 0 Å². The molecule has 1 aliphatic heterocycles. The molecule has 3 rings (SSSR count). The van der Waals surface area contributed by atoms with Gasteiger partial charge < -0.3 is 9.84 Å². The van der Waals surface area contributed by atoms with Crippen LogP contribution in [-0.4, -0.2) is 41.8 Å². The second kappa shape index (κ2) is 6.80. The van der Waals surface area contributed by atoms with Gasteiger partial charge in [0.05, 0.1) is 0 Å². The summed E-state index contributed by atoms with van der Waals surface area (Å²) in [6.07, 6.45) is 7.04. The van der Waals surface area contributed by atoms with E-state index in [1.54, 1.807) is 0 Å². The van der Waals surface area contributed by atoms with Gasteiger partial charge >= 0.3 is 0 Å². The third kappa shape index (κ3) is 3.78. The zero-order valence-electron chi connectivity index (χ0n) is 13.1. The Morgan fingerprint density at radius 2 is 2.10 bits per heavy atom. The number of hydrogen-bond donors (Lipinski definition) is 1. The molecule has 1 fully saturated rings. The lowest BCUT2D eigenvalue weighted by Crippen LogP contribution is -2.43. The highest BCUT2D eigenvalue weighted by Crippen LogP contribution is 2.26. The Kier molecular flexibility index (Phi) is 4.81. The summed E-state index contributed by atoms with van der Waals surface area (Å²) < 4.78 is 5.79. The fraction of sp³-hybridized carbons (Fsp3) is 0.667. The van der Waals surface area contributed by atoms with Gasteiger partial charge in [-0.25, -0.2) is 0 Å². The molecule has 2 aliphatic rings. The van der Waals surface area contributed by atoms with Gasteiger partial charge in [0.1, 0.15) is 18.5 Å². The maximum Gasteiger partial charge on any atom is 0.119 e. The Labute approximate surface area is 127 Å². The van der Waals surface area contributed by atoms with Gasteiger partial charge in [-0.05, 0) is 68.8 Å². The van der Waals surface area contributed by atoms with Crippen LogP contribution in [0.2, 0.25) is 0 Å². The van der Waals surface area contributed by atoms with Crippen LogP contribution in [0.5, 0.6) is 5.75 Å². The van der Waals surface area contributed by atoms with Crippen LogP contribution in [0.1, 0.15) is 43.7 Å². The predicted octanol–water partition coefficient (Wildman–Crippen LogP) is 2.79. The van der Waals surface area contributed by atoms with Crippen LogP contribution >= 0.6 is 0 Å². The lowest BCUT2D eigenvalue weighted by Gasteiger charge is -2.34. The lowest BCUT2D eigenvalue weighted by atomic mass is 10.0. The molecule has 0 spiro atoms. The Bertz CT molecular complexity index is 474. The molecule has 0 saturated carbocycles. The molecule has 2 atom stereocenters. The van der Waals surface area contributed by atoms with E-state index >= 15 is 0 Å². The van der Waals surface area contributed by atoms with E-state index < -0.39 is 6.10 Å². The molecule has 1 N–H and O–H groups in total. The van der Waals surface area contributed by atoms with E-state index in [1.165, 1.54) is 49.7 Å². The van der Waals surface area contributed by atoms with Crippen LogP contribution in [0.15, 0.2) is 18.2 Å². The van der Waals surface area contributed by atoms with E-state index in [1.807, 2.05) is 6.07 Å². The van der Waals surface area contributed by atoms with Gasteiger partial charge in [-0.15, -0.1) is 0 Å². The zero-order valence-corrected chi connectivity index (χ0v) is 13.1. The SMILES string of the molecule is CC1CCCCN1CC(O)COc1ccc2c(c1)CCC2. The molecule has 1 aromatic rings. The molecule has 116 valence electrons. The smallest absolute Gasteiger partial charge is 0.119 e. The molecule has 0 amide bonds. The molecular weight excluding hydrogens is 262 g/mol. The summed E-state index contributed by atoms with van der Waals surface area (Å²) in [6.45, 7) is 4.48. The number of β-amino-alcohol motifs (C(OH)–C–C–N with tert-alkyl or cyclic N) is 1. The maximum atomic E-state index is 10.2. The average Bonchev–Trinajstić information content (AvgIpc) is 2.95. The second-order valence-corrected chi connectivity index (χ2v) is 6.59. The third-order valence-corrected chi connectivity index (χ3v) is 4.90. The molecule has 1 aliphatic carbocycles. The first-order valence-electron chi connectivity index (χ1n) is 8.39. The van der Waals surface area contributed by atoms with E-state index in [0.717, 1.165) is 18.8 Å². The van der Waals surface area contributed by atoms with Crippen LogP contribution < -0.4 is 4.74 Å². The molecular formula is C18H27NO2. The zero-order chi connectivity index (χ0) is 14.7. The molecule has 1 saturated heterocycles. The van der Waals surface area contributed by atoms with Crippen molar-refractivity contribution in [2.24, 2.45) is 0 Å². The van der Waals surface area contributed by atoms with Gasteiger partial charge in [-0.2, -0.15) is 0 Å². The van der Waals surface area contributed by atoms with Gasteiger partial charge in [0.25, 0.3) is 0 Å². The largest absolute Gasteiger partial charge is 0.491 e. The highest BCUT2D eigenvalue weighted by molar-refractivity contribution is 5.38. The molecule has 1 aromatic carbocycles. The Morgan fingerprint density at radius 1 is 1.24 bits per heavy atom. The van der Waals surface area contributed by atoms with Crippen molar-refractivity contribution in [1.29, 1.82) is 0 Å². The highest BCUT2D eigenvalue weighted by Gasteiger charge is 2.21. The van der Waals surface area contributed by atoms with Crippen molar-refractivity contribution in [1.82, 2.24) is 4.90 Å². The molecule has 1 heterocycles. The number of nitrogens with zero attached hydrogens (tertiary/aromatic N) is 1. The minimum Gasteiger partial charge on any atom is -0.491 e. The molecule has 3 nitrogen and oxygen atoms in total. The molecule has 3 heteroatoms. The van der Waals surface area contributed by atoms with Crippen LogP contribution in [0.4, 0.5) is 0 Å². The molecule has 2 unspecified atom stereocenters. The van der Waals surface area contributed by atoms with E-state index in [2.05, 4.69) is 24.0 Å². The summed E-state index contributed by atoms with van der Waals surface area (Å²) in [5, 5.41) is 10.2. The summed E-state index contributed by atoms with van der Waals surface area (Å²) >= 11 is 0. The van der Waals surface area contributed by atoms with E-state index in [4.69, 9.17) is 4.74 Å². The lowest BCUT2D eigenvalue weighted by molar-refractivity contribution is 0.0437. The number of benzene rings is 1. The molecule has 21 heavy (non-hydrogen) atoms. The highest BCUT2D eigenvalue weighted by atomic mass is 16.5. The minimum atomic E-state index is -0.404. The fourth-order valence-corrected chi connectivity index (χ4v) is 3.58. The van der Waals surface area contributed by atoms with Crippen molar-refractivity contribution in [3.63, 3.8) is 0 Å². The number of aliphatic hydroxyl groups is 1. The average molecular weight is 289 g/mol. The summed E-state index contributed by atoms with van der Waals surface area (Å²) in [5.74, 6) is 0.904. The quantitative estimate of drug-likeness (QED) is 0.905. The summed E-state index contributed by atoms with van der Waals surface area (Å²) in [7, 11) is 0. The predicted molar refractivity (Wildman–Crippen MR) is 84.9 cm³/mol. The van der Waals surface area contributed by atoms with Crippen molar-refractivity contribution in [3.8, 4) is 5.75 Å². The summed E-state index contributed by atoms with van der Waals surface area (Å²) in [4.78, 5) is 2.39. The number of likely N-dealkylation sites (tertiary alicyclic amines) is 1. The van der Waals surface area contributed by atoms with Gasteiger partial charge in [0, 0.05) is 12.6 Å². The first-order valence-corrected chi connectivity index (χ1v) is 8.39. The van der Waals surface area contributed by atoms with Gasteiger partial charge in [-0.3, -0.25) is 4.90 Å². The standard InChI is InChI=1S/C18H27NO2/c1-14-5-2-3-10-19(14)12-17(20)13-21-18-9-8-15-6-4-7-16(15)11-18/h8-9,11,14,17,20H,2-7,10,12-13H2,1H3. The van der Waals surface area contributed by atoms with Gasteiger partial charge in [-0.1, -0.05) is 12.5 Å². The number of aryl methyl sites for hydroxylation is 2. The van der Waals surface area contributed by atoms with Crippen molar-refractivity contribution >= 4 is 0 Å². The van der Waals surface area contributed by atoms with Crippen molar-refractivity contribution < 1.29 is 9.84 Å². The van der Waals surface area contributed by atoms with Crippen molar-refractivity contribution in [2.75, 3.05) is 19.7 Å². The molecule has 0 aromatic heterocycles. The first-order chi connectivity index (χ1) is 10.2. The van der Waals surface area contributed by atoms with E-state index in [-0.39, 0.29) is 0 Å². The number of hydrogen-bond acceptors (Lipinski definition) is 3. The van der Waals surface area contributed by atoms with Gasteiger partial charge in [0.15, 0.2) is 0 Å². The number of ether oxygens (including phenoxy) is 1. The van der Waals surface area contributed by atoms with E-state index in [9.17, 15) is 5.11 Å². The van der Waals surface area contributed by atoms with Crippen LogP contribution in [0.25, 0.3) is 0 Å². The second-order valence-electron chi connectivity index (χ2n) is 6.59. The number of rotatable bonds is 5. The maximum absolute atomic E-state index is 10.2. The third-order valence-electron chi connectivity index (χ3n) is 4.90.